The van der Waals surface area contributed by atoms with Crippen LogP contribution in [0.25, 0.3) is 0 Å². The number of hydrogen-bond acceptors (Lipinski definition) is 3. The summed E-state index contributed by atoms with van der Waals surface area (Å²) in [6, 6.07) is 5.63. The number of ether oxygens (including phenoxy) is 1. The van der Waals surface area contributed by atoms with E-state index in [1.54, 1.807) is 7.11 Å². The summed E-state index contributed by atoms with van der Waals surface area (Å²) in [5.74, 6) is 0.829. The molecule has 108 valence electrons. The summed E-state index contributed by atoms with van der Waals surface area (Å²) in [5.41, 5.74) is 3.29. The summed E-state index contributed by atoms with van der Waals surface area (Å²) in [4.78, 5) is 0. The van der Waals surface area contributed by atoms with Crippen LogP contribution < -0.4 is 10.1 Å². The van der Waals surface area contributed by atoms with Crippen LogP contribution >= 0.6 is 11.6 Å². The van der Waals surface area contributed by atoms with Gasteiger partial charge in [0.25, 0.3) is 0 Å². The first-order valence-electron chi connectivity index (χ1n) is 6.70. The lowest BCUT2D eigenvalue weighted by Gasteiger charge is -2.09. The minimum atomic E-state index is 0.650. The zero-order chi connectivity index (χ0) is 14.5. The molecule has 20 heavy (non-hydrogen) atoms. The Morgan fingerprint density at radius 2 is 2.15 bits per heavy atom. The second-order valence-electron chi connectivity index (χ2n) is 4.67. The highest BCUT2D eigenvalue weighted by atomic mass is 35.5. The quantitative estimate of drug-likeness (QED) is 0.890. The van der Waals surface area contributed by atoms with Gasteiger partial charge in [0.15, 0.2) is 0 Å². The second kappa shape index (κ2) is 6.77. The molecule has 0 aliphatic heterocycles. The Morgan fingerprint density at radius 3 is 2.85 bits per heavy atom. The molecule has 1 heterocycles. The van der Waals surface area contributed by atoms with Crippen LogP contribution in [0.1, 0.15) is 23.7 Å². The highest BCUT2D eigenvalue weighted by Crippen LogP contribution is 2.23. The first kappa shape index (κ1) is 14.9. The molecule has 0 spiro atoms. The molecule has 0 aliphatic rings. The average molecular weight is 294 g/mol. The molecule has 0 aliphatic carbocycles. The van der Waals surface area contributed by atoms with Crippen LogP contribution in [-0.2, 0) is 13.1 Å². The molecule has 5 heteroatoms. The van der Waals surface area contributed by atoms with Crippen molar-refractivity contribution in [1.29, 1.82) is 0 Å². The summed E-state index contributed by atoms with van der Waals surface area (Å²) in [6.07, 6.45) is 2.07. The van der Waals surface area contributed by atoms with E-state index in [9.17, 15) is 0 Å². The van der Waals surface area contributed by atoms with Gasteiger partial charge in [-0.15, -0.1) is 0 Å². The van der Waals surface area contributed by atoms with E-state index in [1.165, 1.54) is 5.56 Å². The Morgan fingerprint density at radius 1 is 1.35 bits per heavy atom. The van der Waals surface area contributed by atoms with Crippen molar-refractivity contribution < 1.29 is 4.74 Å². The van der Waals surface area contributed by atoms with Gasteiger partial charge in [0, 0.05) is 28.9 Å². The Kier molecular flexibility index (Phi) is 5.04. The third kappa shape index (κ3) is 3.52. The maximum absolute atomic E-state index is 6.05. The van der Waals surface area contributed by atoms with Gasteiger partial charge in [0.2, 0.25) is 0 Å². The highest BCUT2D eigenvalue weighted by molar-refractivity contribution is 6.30. The van der Waals surface area contributed by atoms with E-state index in [1.807, 2.05) is 29.8 Å². The monoisotopic (exact) mass is 293 g/mol. The molecule has 4 nitrogen and oxygen atoms in total. The fourth-order valence-corrected chi connectivity index (χ4v) is 2.31. The van der Waals surface area contributed by atoms with Crippen LogP contribution in [0.2, 0.25) is 5.02 Å². The van der Waals surface area contributed by atoms with Crippen molar-refractivity contribution in [2.24, 2.45) is 0 Å². The number of hydrogen-bond donors (Lipinski definition) is 1. The Labute approximate surface area is 124 Å². The van der Waals surface area contributed by atoms with Crippen molar-refractivity contribution in [3.05, 3.63) is 46.2 Å². The zero-order valence-electron chi connectivity index (χ0n) is 12.1. The smallest absolute Gasteiger partial charge is 0.124 e. The van der Waals surface area contributed by atoms with Crippen molar-refractivity contribution in [3.8, 4) is 5.75 Å². The second-order valence-corrected chi connectivity index (χ2v) is 5.11. The molecule has 0 unspecified atom stereocenters. The fourth-order valence-electron chi connectivity index (χ4n) is 2.12. The van der Waals surface area contributed by atoms with Gasteiger partial charge in [0.05, 0.1) is 19.3 Å². The van der Waals surface area contributed by atoms with Crippen molar-refractivity contribution in [2.75, 3.05) is 13.7 Å². The van der Waals surface area contributed by atoms with Gasteiger partial charge in [-0.2, -0.15) is 5.10 Å². The SMILES string of the molecule is CCNCc1cn(Cc2cc(Cl)ccc2OC)nc1C. The standard InChI is InChI=1S/C15H20ClN3O/c1-4-17-8-13-10-19(18-11(13)2)9-12-7-14(16)5-6-15(12)20-3/h5-7,10,17H,4,8-9H2,1-3H3. The van der Waals surface area contributed by atoms with Gasteiger partial charge in [-0.05, 0) is 31.7 Å². The molecular formula is C15H20ClN3O. The number of benzene rings is 1. The van der Waals surface area contributed by atoms with E-state index in [-0.39, 0.29) is 0 Å². The van der Waals surface area contributed by atoms with Crippen molar-refractivity contribution >= 4 is 11.6 Å². The normalized spacial score (nSPS) is 10.8. The molecule has 0 saturated carbocycles. The van der Waals surface area contributed by atoms with E-state index in [0.29, 0.717) is 11.6 Å². The van der Waals surface area contributed by atoms with E-state index in [4.69, 9.17) is 16.3 Å². The lowest BCUT2D eigenvalue weighted by molar-refractivity contribution is 0.407. The summed E-state index contributed by atoms with van der Waals surface area (Å²) >= 11 is 6.05. The molecule has 1 N–H and O–H groups in total. The third-order valence-corrected chi connectivity index (χ3v) is 3.42. The number of aromatic nitrogens is 2. The van der Waals surface area contributed by atoms with Crippen molar-refractivity contribution in [1.82, 2.24) is 15.1 Å². The van der Waals surface area contributed by atoms with Gasteiger partial charge in [-0.25, -0.2) is 0 Å². The number of rotatable bonds is 6. The molecule has 0 bridgehead atoms. The average Bonchev–Trinajstić information content (AvgIpc) is 2.77. The summed E-state index contributed by atoms with van der Waals surface area (Å²) in [5, 5.41) is 8.56. The predicted octanol–water partition coefficient (Wildman–Crippen LogP) is 3.01. The van der Waals surface area contributed by atoms with E-state index in [2.05, 4.69) is 23.5 Å². The Balaban J connectivity index is 2.19. The number of nitrogens with zero attached hydrogens (tertiary/aromatic N) is 2. The molecule has 0 fully saturated rings. The molecule has 0 amide bonds. The van der Waals surface area contributed by atoms with Gasteiger partial charge < -0.3 is 10.1 Å². The minimum Gasteiger partial charge on any atom is -0.496 e. The molecule has 2 rings (SSSR count). The van der Waals surface area contributed by atoms with Gasteiger partial charge >= 0.3 is 0 Å². The fraction of sp³-hybridized carbons (Fsp3) is 0.400. The predicted molar refractivity (Wildman–Crippen MR) is 81.5 cm³/mol. The molecule has 0 atom stereocenters. The van der Waals surface area contributed by atoms with E-state index >= 15 is 0 Å². The number of methoxy groups -OCH3 is 1. The highest BCUT2D eigenvalue weighted by Gasteiger charge is 2.08. The van der Waals surface area contributed by atoms with Gasteiger partial charge in [-0.1, -0.05) is 18.5 Å². The molecule has 1 aromatic heterocycles. The largest absolute Gasteiger partial charge is 0.496 e. The van der Waals surface area contributed by atoms with E-state index < -0.39 is 0 Å². The van der Waals surface area contributed by atoms with Gasteiger partial charge in [0.1, 0.15) is 5.75 Å². The van der Waals surface area contributed by atoms with Crippen LogP contribution in [-0.4, -0.2) is 23.4 Å². The maximum atomic E-state index is 6.05. The lowest BCUT2D eigenvalue weighted by Crippen LogP contribution is -2.11. The van der Waals surface area contributed by atoms with Crippen LogP contribution in [0.3, 0.4) is 0 Å². The summed E-state index contributed by atoms with van der Waals surface area (Å²) < 4.78 is 7.29. The van der Waals surface area contributed by atoms with Crippen molar-refractivity contribution in [2.45, 2.75) is 26.9 Å². The lowest BCUT2D eigenvalue weighted by atomic mass is 10.2. The first-order chi connectivity index (χ1) is 9.63. The minimum absolute atomic E-state index is 0.650. The topological polar surface area (TPSA) is 39.1 Å². The molecule has 0 saturated heterocycles. The third-order valence-electron chi connectivity index (χ3n) is 3.19. The number of nitrogens with one attached hydrogen (secondary N) is 1. The Hall–Kier alpha value is -1.52. The molecule has 1 aromatic carbocycles. The molecule has 2 aromatic rings. The van der Waals surface area contributed by atoms with Crippen LogP contribution in [0.4, 0.5) is 0 Å². The number of halogens is 1. The van der Waals surface area contributed by atoms with Gasteiger partial charge in [-0.3, -0.25) is 4.68 Å². The van der Waals surface area contributed by atoms with Crippen molar-refractivity contribution in [3.63, 3.8) is 0 Å². The van der Waals surface area contributed by atoms with E-state index in [0.717, 1.165) is 30.1 Å². The van der Waals surface area contributed by atoms with Crippen LogP contribution in [0.5, 0.6) is 5.75 Å². The zero-order valence-corrected chi connectivity index (χ0v) is 12.9. The maximum Gasteiger partial charge on any atom is 0.124 e. The summed E-state index contributed by atoms with van der Waals surface area (Å²) in [7, 11) is 1.66. The molecule has 0 radical (unpaired) electrons. The number of aryl methyl sites for hydroxylation is 1. The summed E-state index contributed by atoms with van der Waals surface area (Å²) in [6.45, 7) is 6.56. The Bertz CT molecular complexity index is 580. The van der Waals surface area contributed by atoms with Crippen LogP contribution in [0, 0.1) is 6.92 Å². The first-order valence-corrected chi connectivity index (χ1v) is 7.08. The molecular weight excluding hydrogens is 274 g/mol. The van der Waals surface area contributed by atoms with Crippen LogP contribution in [0.15, 0.2) is 24.4 Å².